The number of hydrogen-bond donors (Lipinski definition) is 0. The number of carbonyl (C=O) groups excluding carboxylic acids is 1. The van der Waals surface area contributed by atoms with E-state index in [0.29, 0.717) is 6.54 Å². The van der Waals surface area contributed by atoms with Crippen molar-refractivity contribution in [2.24, 2.45) is 0 Å². The minimum absolute atomic E-state index is 0.161. The molecule has 0 saturated carbocycles. The summed E-state index contributed by atoms with van der Waals surface area (Å²) in [6.07, 6.45) is 0. The molecule has 5 heteroatoms. The molecule has 1 aromatic carbocycles. The second-order valence-corrected chi connectivity index (χ2v) is 5.19. The van der Waals surface area contributed by atoms with E-state index in [-0.39, 0.29) is 5.97 Å². The van der Waals surface area contributed by atoms with E-state index in [0.717, 1.165) is 37.7 Å². The third-order valence-corrected chi connectivity index (χ3v) is 3.62. The number of rotatable bonds is 4. The van der Waals surface area contributed by atoms with Crippen LogP contribution in [-0.4, -0.2) is 55.6 Å². The summed E-state index contributed by atoms with van der Waals surface area (Å²) in [5.74, 6) is -0.161. The summed E-state index contributed by atoms with van der Waals surface area (Å²) >= 11 is 5.87. The molecule has 0 atom stereocenters. The first-order valence-electron chi connectivity index (χ1n) is 6.43. The minimum Gasteiger partial charge on any atom is -0.468 e. The predicted octanol–water partition coefficient (Wildman–Crippen LogP) is 1.63. The van der Waals surface area contributed by atoms with Crippen molar-refractivity contribution in [2.45, 2.75) is 6.54 Å². The van der Waals surface area contributed by atoms with Crippen LogP contribution in [-0.2, 0) is 16.1 Å². The van der Waals surface area contributed by atoms with Crippen molar-refractivity contribution in [3.8, 4) is 0 Å². The number of benzene rings is 1. The molecule has 19 heavy (non-hydrogen) atoms. The van der Waals surface area contributed by atoms with E-state index < -0.39 is 0 Å². The largest absolute Gasteiger partial charge is 0.468 e. The number of piperazine rings is 1. The third-order valence-electron chi connectivity index (χ3n) is 3.36. The topological polar surface area (TPSA) is 32.8 Å². The molecule has 1 saturated heterocycles. The molecule has 1 aliphatic rings. The molecule has 2 rings (SSSR count). The Kier molecular flexibility index (Phi) is 5.19. The van der Waals surface area contributed by atoms with Gasteiger partial charge in [0.1, 0.15) is 0 Å². The molecule has 0 bridgehead atoms. The van der Waals surface area contributed by atoms with Crippen LogP contribution in [0.5, 0.6) is 0 Å². The van der Waals surface area contributed by atoms with Crippen molar-refractivity contribution in [2.75, 3.05) is 39.8 Å². The fourth-order valence-corrected chi connectivity index (χ4v) is 2.33. The maximum absolute atomic E-state index is 11.2. The van der Waals surface area contributed by atoms with E-state index in [1.165, 1.54) is 12.7 Å². The van der Waals surface area contributed by atoms with E-state index in [1.54, 1.807) is 0 Å². The van der Waals surface area contributed by atoms with Gasteiger partial charge in [-0.3, -0.25) is 14.6 Å². The fourth-order valence-electron chi connectivity index (χ4n) is 2.20. The molecule has 1 aliphatic heterocycles. The van der Waals surface area contributed by atoms with Crippen LogP contribution in [0.15, 0.2) is 24.3 Å². The lowest BCUT2D eigenvalue weighted by atomic mass is 10.2. The molecular weight excluding hydrogens is 264 g/mol. The summed E-state index contributed by atoms with van der Waals surface area (Å²) in [4.78, 5) is 15.7. The van der Waals surface area contributed by atoms with Gasteiger partial charge < -0.3 is 4.74 Å². The lowest BCUT2D eigenvalue weighted by molar-refractivity contribution is -0.142. The van der Waals surface area contributed by atoms with Gasteiger partial charge >= 0.3 is 5.97 Å². The number of methoxy groups -OCH3 is 1. The highest BCUT2D eigenvalue weighted by molar-refractivity contribution is 6.30. The maximum Gasteiger partial charge on any atom is 0.319 e. The Morgan fingerprint density at radius 3 is 2.32 bits per heavy atom. The average molecular weight is 283 g/mol. The van der Waals surface area contributed by atoms with Crippen molar-refractivity contribution in [1.82, 2.24) is 9.80 Å². The first-order valence-corrected chi connectivity index (χ1v) is 6.81. The summed E-state index contributed by atoms with van der Waals surface area (Å²) in [7, 11) is 1.43. The maximum atomic E-state index is 11.2. The Morgan fingerprint density at radius 2 is 1.74 bits per heavy atom. The number of halogens is 1. The van der Waals surface area contributed by atoms with Gasteiger partial charge in [0.05, 0.1) is 13.7 Å². The smallest absolute Gasteiger partial charge is 0.319 e. The van der Waals surface area contributed by atoms with E-state index in [1.807, 2.05) is 12.1 Å². The third kappa shape index (κ3) is 4.49. The molecule has 1 aromatic rings. The van der Waals surface area contributed by atoms with Gasteiger partial charge in [-0.2, -0.15) is 0 Å². The first kappa shape index (κ1) is 14.3. The van der Waals surface area contributed by atoms with Crippen LogP contribution in [0.2, 0.25) is 5.02 Å². The Bertz CT molecular complexity index is 414. The highest BCUT2D eigenvalue weighted by atomic mass is 35.5. The van der Waals surface area contributed by atoms with Gasteiger partial charge in [0.25, 0.3) is 0 Å². The van der Waals surface area contributed by atoms with E-state index in [9.17, 15) is 4.79 Å². The lowest BCUT2D eigenvalue weighted by Crippen LogP contribution is -2.47. The molecule has 4 nitrogen and oxygen atoms in total. The molecular formula is C14H19ClN2O2. The van der Waals surface area contributed by atoms with E-state index in [4.69, 9.17) is 11.6 Å². The van der Waals surface area contributed by atoms with Crippen LogP contribution in [0.3, 0.4) is 0 Å². The van der Waals surface area contributed by atoms with Crippen molar-refractivity contribution >= 4 is 17.6 Å². The highest BCUT2D eigenvalue weighted by Crippen LogP contribution is 2.12. The Morgan fingerprint density at radius 1 is 1.16 bits per heavy atom. The normalized spacial score (nSPS) is 17.4. The number of nitrogens with zero attached hydrogens (tertiary/aromatic N) is 2. The molecule has 0 unspecified atom stereocenters. The molecule has 0 radical (unpaired) electrons. The zero-order valence-electron chi connectivity index (χ0n) is 11.1. The van der Waals surface area contributed by atoms with Crippen LogP contribution in [0.4, 0.5) is 0 Å². The Labute approximate surface area is 118 Å². The van der Waals surface area contributed by atoms with Crippen LogP contribution in [0.25, 0.3) is 0 Å². The number of carbonyl (C=O) groups is 1. The van der Waals surface area contributed by atoms with Crippen LogP contribution >= 0.6 is 11.6 Å². The second-order valence-electron chi connectivity index (χ2n) is 4.75. The van der Waals surface area contributed by atoms with Crippen LogP contribution in [0, 0.1) is 0 Å². The quantitative estimate of drug-likeness (QED) is 0.786. The van der Waals surface area contributed by atoms with Crippen molar-refractivity contribution in [3.05, 3.63) is 34.9 Å². The average Bonchev–Trinajstić information content (AvgIpc) is 2.43. The summed E-state index contributed by atoms with van der Waals surface area (Å²) in [5.41, 5.74) is 1.27. The number of esters is 1. The fraction of sp³-hybridized carbons (Fsp3) is 0.500. The van der Waals surface area contributed by atoms with Gasteiger partial charge in [-0.05, 0) is 17.7 Å². The SMILES string of the molecule is COC(=O)CN1CCN(Cc2ccc(Cl)cc2)CC1. The Balaban J connectivity index is 1.77. The summed E-state index contributed by atoms with van der Waals surface area (Å²) < 4.78 is 4.68. The molecule has 0 N–H and O–H groups in total. The van der Waals surface area contributed by atoms with Gasteiger partial charge in [0, 0.05) is 37.7 Å². The summed E-state index contributed by atoms with van der Waals surface area (Å²) in [6.45, 7) is 5.08. The summed E-state index contributed by atoms with van der Waals surface area (Å²) in [6, 6.07) is 7.96. The minimum atomic E-state index is -0.161. The Hall–Kier alpha value is -1.10. The molecule has 0 amide bonds. The van der Waals surface area contributed by atoms with E-state index >= 15 is 0 Å². The van der Waals surface area contributed by atoms with Crippen LogP contribution < -0.4 is 0 Å². The lowest BCUT2D eigenvalue weighted by Gasteiger charge is -2.34. The molecule has 1 heterocycles. The standard InChI is InChI=1S/C14H19ClN2O2/c1-19-14(18)11-17-8-6-16(7-9-17)10-12-2-4-13(15)5-3-12/h2-5H,6-11H2,1H3. The molecule has 0 aromatic heterocycles. The number of ether oxygens (including phenoxy) is 1. The van der Waals surface area contributed by atoms with Gasteiger partial charge in [-0.1, -0.05) is 23.7 Å². The monoisotopic (exact) mass is 282 g/mol. The van der Waals surface area contributed by atoms with Gasteiger partial charge in [-0.15, -0.1) is 0 Å². The highest BCUT2D eigenvalue weighted by Gasteiger charge is 2.19. The van der Waals surface area contributed by atoms with Gasteiger partial charge in [0.2, 0.25) is 0 Å². The zero-order valence-corrected chi connectivity index (χ0v) is 11.9. The molecule has 1 fully saturated rings. The first-order chi connectivity index (χ1) is 9.17. The van der Waals surface area contributed by atoms with Crippen molar-refractivity contribution in [3.63, 3.8) is 0 Å². The summed E-state index contributed by atoms with van der Waals surface area (Å²) in [5, 5.41) is 0.770. The molecule has 0 spiro atoms. The second kappa shape index (κ2) is 6.89. The van der Waals surface area contributed by atoms with Crippen LogP contribution in [0.1, 0.15) is 5.56 Å². The van der Waals surface area contributed by atoms with Crippen molar-refractivity contribution in [1.29, 1.82) is 0 Å². The van der Waals surface area contributed by atoms with Gasteiger partial charge in [-0.25, -0.2) is 0 Å². The molecule has 104 valence electrons. The zero-order chi connectivity index (χ0) is 13.7. The van der Waals surface area contributed by atoms with Gasteiger partial charge in [0.15, 0.2) is 0 Å². The van der Waals surface area contributed by atoms with E-state index in [2.05, 4.69) is 26.7 Å². The number of hydrogen-bond acceptors (Lipinski definition) is 4. The molecule has 0 aliphatic carbocycles. The van der Waals surface area contributed by atoms with Crippen molar-refractivity contribution < 1.29 is 9.53 Å². The predicted molar refractivity (Wildman–Crippen MR) is 75.2 cm³/mol.